The maximum atomic E-state index is 5.23. The van der Waals surface area contributed by atoms with Crippen molar-refractivity contribution in [2.75, 3.05) is 39.9 Å². The molecular weight excluding hydrogens is 272 g/mol. The van der Waals surface area contributed by atoms with Gasteiger partial charge in [-0.15, -0.1) is 0 Å². The van der Waals surface area contributed by atoms with E-state index in [2.05, 4.69) is 73.0 Å². The summed E-state index contributed by atoms with van der Waals surface area (Å²) in [5.74, 6) is 0. The van der Waals surface area contributed by atoms with Crippen molar-refractivity contribution in [3.8, 4) is 0 Å². The number of nitrogens with two attached hydrogens (primary N) is 1. The number of likely N-dealkylation sites (N-methyl/N-ethyl adjacent to an activating group) is 1. The predicted molar refractivity (Wildman–Crippen MR) is 98.3 cm³/mol. The molecule has 0 spiro atoms. The molecule has 2 aromatic rings. The fourth-order valence-electron chi connectivity index (χ4n) is 2.01. The number of nitrogens with zero attached hydrogens (tertiary/aromatic N) is 1. The number of fused-ring (bicyclic) bond motifs is 1. The molecule has 22 heavy (non-hydrogen) atoms. The van der Waals surface area contributed by atoms with Crippen molar-refractivity contribution < 1.29 is 4.74 Å². The van der Waals surface area contributed by atoms with Crippen LogP contribution in [0.1, 0.15) is 20.8 Å². The van der Waals surface area contributed by atoms with E-state index in [4.69, 9.17) is 4.74 Å². The van der Waals surface area contributed by atoms with Gasteiger partial charge in [-0.2, -0.15) is 0 Å². The third-order valence-corrected chi connectivity index (χ3v) is 3.31. The monoisotopic (exact) mass is 304 g/mol. The first-order valence-corrected chi connectivity index (χ1v) is 8.13. The zero-order valence-electron chi connectivity index (χ0n) is 14.6. The molecule has 0 aliphatic rings. The van der Waals surface area contributed by atoms with Gasteiger partial charge < -0.3 is 15.4 Å². The van der Waals surface area contributed by atoms with Crippen molar-refractivity contribution in [1.82, 2.24) is 4.90 Å². The van der Waals surface area contributed by atoms with Crippen LogP contribution in [-0.2, 0) is 4.74 Å². The third-order valence-electron chi connectivity index (χ3n) is 3.31. The lowest BCUT2D eigenvalue weighted by Gasteiger charge is -2.16. The standard InChI is InChI=1S/C10H8.C8H19NO.CH5N/c1-2-6-10-8-4-3-7-9(10)5-1;1-4-9(5-2)7-8-10-6-3;1-2/h1-8H;4-8H2,1-3H3;2H2,1H3. The lowest BCUT2D eigenvalue weighted by atomic mass is 10.1. The average molecular weight is 304 g/mol. The van der Waals surface area contributed by atoms with Crippen molar-refractivity contribution in [2.45, 2.75) is 20.8 Å². The lowest BCUT2D eigenvalue weighted by Crippen LogP contribution is -2.26. The highest BCUT2D eigenvalue weighted by Crippen LogP contribution is 2.11. The van der Waals surface area contributed by atoms with E-state index in [1.54, 1.807) is 0 Å². The SMILES string of the molecule is CCOCCN(CC)CC.CN.c1ccc2ccccc2c1. The van der Waals surface area contributed by atoms with Crippen LogP contribution in [0.5, 0.6) is 0 Å². The minimum Gasteiger partial charge on any atom is -0.380 e. The van der Waals surface area contributed by atoms with Gasteiger partial charge in [0.1, 0.15) is 0 Å². The highest BCUT2D eigenvalue weighted by atomic mass is 16.5. The number of benzene rings is 2. The summed E-state index contributed by atoms with van der Waals surface area (Å²) in [6.07, 6.45) is 0. The van der Waals surface area contributed by atoms with Crippen LogP contribution in [0.4, 0.5) is 0 Å². The molecule has 3 nitrogen and oxygen atoms in total. The Morgan fingerprint density at radius 2 is 1.23 bits per heavy atom. The molecule has 0 saturated heterocycles. The quantitative estimate of drug-likeness (QED) is 0.825. The van der Waals surface area contributed by atoms with E-state index < -0.39 is 0 Å². The minimum atomic E-state index is 0.835. The Labute approximate surface area is 136 Å². The maximum absolute atomic E-state index is 5.23. The number of hydrogen-bond acceptors (Lipinski definition) is 3. The summed E-state index contributed by atoms with van der Waals surface area (Å²) in [5.41, 5.74) is 4.50. The van der Waals surface area contributed by atoms with Crippen LogP contribution < -0.4 is 5.73 Å². The van der Waals surface area contributed by atoms with Crippen LogP contribution in [0.15, 0.2) is 48.5 Å². The first-order chi connectivity index (χ1) is 10.8. The lowest BCUT2D eigenvalue weighted by molar-refractivity contribution is 0.117. The molecule has 3 heteroatoms. The van der Waals surface area contributed by atoms with Crippen molar-refractivity contribution in [1.29, 1.82) is 0 Å². The summed E-state index contributed by atoms with van der Waals surface area (Å²) < 4.78 is 5.23. The van der Waals surface area contributed by atoms with Gasteiger partial charge in [-0.25, -0.2) is 0 Å². The fourth-order valence-corrected chi connectivity index (χ4v) is 2.01. The first-order valence-electron chi connectivity index (χ1n) is 8.13. The van der Waals surface area contributed by atoms with Gasteiger partial charge in [0.2, 0.25) is 0 Å². The minimum absolute atomic E-state index is 0.835. The van der Waals surface area contributed by atoms with Crippen LogP contribution in [0.25, 0.3) is 10.8 Å². The summed E-state index contributed by atoms with van der Waals surface area (Å²) in [7, 11) is 1.50. The van der Waals surface area contributed by atoms with E-state index in [0.29, 0.717) is 0 Å². The molecule has 2 aromatic carbocycles. The van der Waals surface area contributed by atoms with Crippen LogP contribution in [0, 0.1) is 0 Å². The molecule has 0 fully saturated rings. The third kappa shape index (κ3) is 8.78. The van der Waals surface area contributed by atoms with Gasteiger partial charge in [0.25, 0.3) is 0 Å². The van der Waals surface area contributed by atoms with Crippen LogP contribution in [0.2, 0.25) is 0 Å². The Hall–Kier alpha value is -1.42. The number of hydrogen-bond donors (Lipinski definition) is 1. The smallest absolute Gasteiger partial charge is 0.0593 e. The summed E-state index contributed by atoms with van der Waals surface area (Å²) in [6.45, 7) is 11.4. The van der Waals surface area contributed by atoms with Crippen molar-refractivity contribution in [3.05, 3.63) is 48.5 Å². The van der Waals surface area contributed by atoms with Crippen LogP contribution in [0.3, 0.4) is 0 Å². The van der Waals surface area contributed by atoms with E-state index in [1.165, 1.54) is 17.8 Å². The summed E-state index contributed by atoms with van der Waals surface area (Å²) in [6, 6.07) is 16.7. The van der Waals surface area contributed by atoms with Crippen LogP contribution >= 0.6 is 0 Å². The Morgan fingerprint density at radius 1 is 0.818 bits per heavy atom. The Morgan fingerprint density at radius 3 is 1.55 bits per heavy atom. The summed E-state index contributed by atoms with van der Waals surface area (Å²) in [5, 5.41) is 2.62. The molecule has 0 amide bonds. The van der Waals surface area contributed by atoms with Gasteiger partial charge in [-0.1, -0.05) is 62.4 Å². The first kappa shape index (κ1) is 20.6. The van der Waals surface area contributed by atoms with E-state index in [-0.39, 0.29) is 0 Å². The molecule has 124 valence electrons. The molecule has 2 N–H and O–H groups in total. The van der Waals surface area contributed by atoms with Gasteiger partial charge in [0, 0.05) is 13.2 Å². The van der Waals surface area contributed by atoms with Crippen LogP contribution in [-0.4, -0.2) is 44.8 Å². The number of rotatable bonds is 6. The normalized spacial score (nSPS) is 9.73. The van der Waals surface area contributed by atoms with E-state index >= 15 is 0 Å². The molecular formula is C19H32N2O. The van der Waals surface area contributed by atoms with E-state index in [9.17, 15) is 0 Å². The largest absolute Gasteiger partial charge is 0.380 e. The molecule has 0 atom stereocenters. The van der Waals surface area contributed by atoms with E-state index in [1.807, 2.05) is 6.92 Å². The topological polar surface area (TPSA) is 38.5 Å². The van der Waals surface area contributed by atoms with Gasteiger partial charge >= 0.3 is 0 Å². The zero-order valence-corrected chi connectivity index (χ0v) is 14.6. The van der Waals surface area contributed by atoms with Crippen molar-refractivity contribution >= 4 is 10.8 Å². The Balaban J connectivity index is 0.000000360. The Kier molecular flexibility index (Phi) is 13.6. The molecule has 0 heterocycles. The fraction of sp³-hybridized carbons (Fsp3) is 0.474. The predicted octanol–water partition coefficient (Wildman–Crippen LogP) is 3.78. The highest BCUT2D eigenvalue weighted by molar-refractivity contribution is 5.81. The van der Waals surface area contributed by atoms with Gasteiger partial charge in [0.05, 0.1) is 6.61 Å². The van der Waals surface area contributed by atoms with Gasteiger partial charge in [0.15, 0.2) is 0 Å². The highest BCUT2D eigenvalue weighted by Gasteiger charge is 1.96. The van der Waals surface area contributed by atoms with Gasteiger partial charge in [-0.05, 0) is 37.8 Å². The number of ether oxygens (including phenoxy) is 1. The summed E-state index contributed by atoms with van der Waals surface area (Å²) >= 11 is 0. The Bertz CT molecular complexity index is 404. The van der Waals surface area contributed by atoms with E-state index in [0.717, 1.165) is 32.8 Å². The molecule has 0 aliphatic heterocycles. The molecule has 2 rings (SSSR count). The molecule has 0 bridgehead atoms. The molecule has 0 unspecified atom stereocenters. The zero-order chi connectivity index (χ0) is 16.6. The molecule has 0 saturated carbocycles. The van der Waals surface area contributed by atoms with Crippen molar-refractivity contribution in [3.63, 3.8) is 0 Å². The average Bonchev–Trinajstić information content (AvgIpc) is 2.61. The second kappa shape index (κ2) is 14.5. The van der Waals surface area contributed by atoms with Gasteiger partial charge in [-0.3, -0.25) is 0 Å². The van der Waals surface area contributed by atoms with Crippen molar-refractivity contribution in [2.24, 2.45) is 5.73 Å². The second-order valence-electron chi connectivity index (χ2n) is 4.57. The molecule has 0 aliphatic carbocycles. The molecule has 0 aromatic heterocycles. The molecule has 0 radical (unpaired) electrons. The maximum Gasteiger partial charge on any atom is 0.0593 e. The summed E-state index contributed by atoms with van der Waals surface area (Å²) in [4.78, 5) is 2.36. The second-order valence-corrected chi connectivity index (χ2v) is 4.57.